The van der Waals surface area contributed by atoms with Gasteiger partial charge in [-0.2, -0.15) is 0 Å². The van der Waals surface area contributed by atoms with Gasteiger partial charge >= 0.3 is 0 Å². The number of nitrogens with zero attached hydrogens (tertiary/aromatic N) is 6. The maximum absolute atomic E-state index is 5.42. The Bertz CT molecular complexity index is 430. The molecule has 2 aromatic rings. The van der Waals surface area contributed by atoms with Crippen LogP contribution in [0.25, 0.3) is 0 Å². The molecule has 7 nitrogen and oxygen atoms in total. The maximum Gasteiger partial charge on any atom is 0.104 e. The summed E-state index contributed by atoms with van der Waals surface area (Å²) in [5.41, 5.74) is 7.19. The molecule has 0 bridgehead atoms. The SMILES string of the molecule is Cn1cc(Cn2cc(CCN)nn2)nn1. The Labute approximate surface area is 86.9 Å². The van der Waals surface area contributed by atoms with Crippen molar-refractivity contribution in [3.05, 3.63) is 23.8 Å². The average molecular weight is 207 g/mol. The molecule has 0 aliphatic carbocycles. The van der Waals surface area contributed by atoms with Crippen molar-refractivity contribution in [3.63, 3.8) is 0 Å². The van der Waals surface area contributed by atoms with E-state index in [4.69, 9.17) is 5.73 Å². The van der Waals surface area contributed by atoms with Gasteiger partial charge in [-0.25, -0.2) is 4.68 Å². The van der Waals surface area contributed by atoms with Crippen LogP contribution >= 0.6 is 0 Å². The first-order chi connectivity index (χ1) is 7.28. The Morgan fingerprint density at radius 1 is 1.20 bits per heavy atom. The molecular weight excluding hydrogens is 194 g/mol. The highest BCUT2D eigenvalue weighted by Gasteiger charge is 2.03. The van der Waals surface area contributed by atoms with Gasteiger partial charge in [-0.3, -0.25) is 4.68 Å². The normalized spacial score (nSPS) is 10.8. The predicted octanol–water partition coefficient (Wildman–Crippen LogP) is -1.04. The van der Waals surface area contributed by atoms with E-state index in [9.17, 15) is 0 Å². The summed E-state index contributed by atoms with van der Waals surface area (Å²) >= 11 is 0. The molecule has 7 heteroatoms. The largest absolute Gasteiger partial charge is 0.330 e. The molecule has 0 saturated carbocycles. The molecule has 2 aromatic heterocycles. The van der Waals surface area contributed by atoms with Crippen molar-refractivity contribution in [1.82, 2.24) is 30.0 Å². The van der Waals surface area contributed by atoms with Crippen molar-refractivity contribution < 1.29 is 0 Å². The Balaban J connectivity index is 2.04. The van der Waals surface area contributed by atoms with Crippen LogP contribution in [-0.2, 0) is 20.0 Å². The standard InChI is InChI=1S/C8H13N7/c1-14-4-8(11-12-14)6-15-5-7(2-3-9)10-13-15/h4-5H,2-3,6,9H2,1H3. The number of aromatic nitrogens is 6. The number of aryl methyl sites for hydroxylation is 1. The van der Waals surface area contributed by atoms with Crippen molar-refractivity contribution in [2.45, 2.75) is 13.0 Å². The van der Waals surface area contributed by atoms with E-state index in [0.29, 0.717) is 13.1 Å². The lowest BCUT2D eigenvalue weighted by Gasteiger charge is -1.93. The molecule has 0 aliphatic heterocycles. The Morgan fingerprint density at radius 3 is 2.67 bits per heavy atom. The van der Waals surface area contributed by atoms with Gasteiger partial charge in [0.2, 0.25) is 0 Å². The van der Waals surface area contributed by atoms with Gasteiger partial charge in [0.25, 0.3) is 0 Å². The fraction of sp³-hybridized carbons (Fsp3) is 0.500. The number of rotatable bonds is 4. The first kappa shape index (κ1) is 9.78. The molecule has 2 rings (SSSR count). The second kappa shape index (κ2) is 4.18. The van der Waals surface area contributed by atoms with Crippen LogP contribution in [-0.4, -0.2) is 36.5 Å². The highest BCUT2D eigenvalue weighted by Crippen LogP contribution is 1.98. The molecule has 0 radical (unpaired) electrons. The van der Waals surface area contributed by atoms with Crippen LogP contribution in [0.15, 0.2) is 12.4 Å². The second-order valence-electron chi connectivity index (χ2n) is 3.33. The topological polar surface area (TPSA) is 87.4 Å². The summed E-state index contributed by atoms with van der Waals surface area (Å²) in [5.74, 6) is 0. The van der Waals surface area contributed by atoms with Gasteiger partial charge in [0.15, 0.2) is 0 Å². The van der Waals surface area contributed by atoms with Gasteiger partial charge in [0.1, 0.15) is 5.69 Å². The van der Waals surface area contributed by atoms with Crippen LogP contribution in [0, 0.1) is 0 Å². The minimum Gasteiger partial charge on any atom is -0.330 e. The Morgan fingerprint density at radius 2 is 2.00 bits per heavy atom. The summed E-state index contributed by atoms with van der Waals surface area (Å²) in [4.78, 5) is 0. The van der Waals surface area contributed by atoms with Gasteiger partial charge in [0.05, 0.1) is 12.2 Å². The van der Waals surface area contributed by atoms with Crippen LogP contribution in [0.1, 0.15) is 11.4 Å². The molecule has 2 heterocycles. The van der Waals surface area contributed by atoms with Crippen molar-refractivity contribution in [2.75, 3.05) is 6.54 Å². The first-order valence-corrected chi connectivity index (χ1v) is 4.72. The predicted molar refractivity (Wildman–Crippen MR) is 52.9 cm³/mol. The Kier molecular flexibility index (Phi) is 2.72. The number of nitrogens with two attached hydrogens (primary N) is 1. The molecule has 0 spiro atoms. The third kappa shape index (κ3) is 2.38. The summed E-state index contributed by atoms with van der Waals surface area (Å²) in [6.45, 7) is 1.18. The monoisotopic (exact) mass is 207 g/mol. The highest BCUT2D eigenvalue weighted by molar-refractivity contribution is 4.97. The molecule has 0 atom stereocenters. The van der Waals surface area contributed by atoms with Crippen molar-refractivity contribution in [3.8, 4) is 0 Å². The summed E-state index contributed by atoms with van der Waals surface area (Å²) in [6, 6.07) is 0. The molecule has 0 aromatic carbocycles. The summed E-state index contributed by atoms with van der Waals surface area (Å²) in [7, 11) is 1.83. The summed E-state index contributed by atoms with van der Waals surface area (Å²) in [6.07, 6.45) is 4.48. The lowest BCUT2D eigenvalue weighted by Crippen LogP contribution is -2.03. The van der Waals surface area contributed by atoms with Gasteiger partial charge in [-0.1, -0.05) is 10.4 Å². The van der Waals surface area contributed by atoms with E-state index in [1.54, 1.807) is 9.36 Å². The molecular formula is C8H13N7. The van der Waals surface area contributed by atoms with E-state index in [-0.39, 0.29) is 0 Å². The smallest absolute Gasteiger partial charge is 0.104 e. The summed E-state index contributed by atoms with van der Waals surface area (Å²) < 4.78 is 3.39. The molecule has 0 fully saturated rings. The number of hydrogen-bond acceptors (Lipinski definition) is 5. The van der Waals surface area contributed by atoms with Crippen molar-refractivity contribution in [2.24, 2.45) is 12.8 Å². The molecule has 80 valence electrons. The number of hydrogen-bond donors (Lipinski definition) is 1. The van der Waals surface area contributed by atoms with Gasteiger partial charge in [0, 0.05) is 25.9 Å². The van der Waals surface area contributed by atoms with E-state index in [2.05, 4.69) is 20.6 Å². The van der Waals surface area contributed by atoms with Crippen LogP contribution in [0.3, 0.4) is 0 Å². The molecule has 0 saturated heterocycles. The van der Waals surface area contributed by atoms with E-state index in [1.165, 1.54) is 0 Å². The van der Waals surface area contributed by atoms with Gasteiger partial charge in [-0.05, 0) is 6.54 Å². The fourth-order valence-electron chi connectivity index (χ4n) is 1.31. The molecule has 0 unspecified atom stereocenters. The zero-order valence-corrected chi connectivity index (χ0v) is 8.54. The average Bonchev–Trinajstić information content (AvgIpc) is 2.78. The van der Waals surface area contributed by atoms with Gasteiger partial charge < -0.3 is 5.73 Å². The second-order valence-corrected chi connectivity index (χ2v) is 3.33. The van der Waals surface area contributed by atoms with Crippen LogP contribution in [0.4, 0.5) is 0 Å². The van der Waals surface area contributed by atoms with E-state index < -0.39 is 0 Å². The summed E-state index contributed by atoms with van der Waals surface area (Å²) in [5, 5.41) is 15.8. The third-order valence-electron chi connectivity index (χ3n) is 1.96. The maximum atomic E-state index is 5.42. The van der Waals surface area contributed by atoms with Crippen molar-refractivity contribution in [1.29, 1.82) is 0 Å². The minimum absolute atomic E-state index is 0.587. The van der Waals surface area contributed by atoms with Crippen LogP contribution in [0.2, 0.25) is 0 Å². The lowest BCUT2D eigenvalue weighted by atomic mass is 10.3. The lowest BCUT2D eigenvalue weighted by molar-refractivity contribution is 0.636. The molecule has 0 amide bonds. The van der Waals surface area contributed by atoms with E-state index in [0.717, 1.165) is 17.8 Å². The van der Waals surface area contributed by atoms with Gasteiger partial charge in [-0.15, -0.1) is 10.2 Å². The fourth-order valence-corrected chi connectivity index (χ4v) is 1.31. The molecule has 15 heavy (non-hydrogen) atoms. The van der Waals surface area contributed by atoms with E-state index in [1.807, 2.05) is 19.4 Å². The molecule has 0 aliphatic rings. The van der Waals surface area contributed by atoms with E-state index >= 15 is 0 Å². The zero-order valence-electron chi connectivity index (χ0n) is 8.54. The molecule has 2 N–H and O–H groups in total. The minimum atomic E-state index is 0.587. The van der Waals surface area contributed by atoms with Crippen LogP contribution < -0.4 is 5.73 Å². The third-order valence-corrected chi connectivity index (χ3v) is 1.96. The van der Waals surface area contributed by atoms with Crippen LogP contribution in [0.5, 0.6) is 0 Å². The van der Waals surface area contributed by atoms with Crippen molar-refractivity contribution >= 4 is 0 Å². The highest BCUT2D eigenvalue weighted by atomic mass is 15.4. The first-order valence-electron chi connectivity index (χ1n) is 4.72. The quantitative estimate of drug-likeness (QED) is 0.691. The zero-order chi connectivity index (χ0) is 10.7. The Hall–Kier alpha value is -1.76.